The summed E-state index contributed by atoms with van der Waals surface area (Å²) in [5, 5.41) is 2.58. The van der Waals surface area contributed by atoms with Crippen molar-refractivity contribution in [3.8, 4) is 5.75 Å². The van der Waals surface area contributed by atoms with Crippen LogP contribution in [-0.2, 0) is 20.7 Å². The number of ether oxygens (including phenoxy) is 3. The Morgan fingerprint density at radius 2 is 1.43 bits per heavy atom. The molecule has 0 aliphatic carbocycles. The van der Waals surface area contributed by atoms with Gasteiger partial charge in [-0.3, -0.25) is 0 Å². The Hall–Kier alpha value is -2.38. The minimum absolute atomic E-state index is 0.00202. The van der Waals surface area contributed by atoms with Crippen molar-refractivity contribution >= 4 is 12.1 Å². The third-order valence-electron chi connectivity index (χ3n) is 3.33. The van der Waals surface area contributed by atoms with Gasteiger partial charge in [-0.2, -0.15) is 8.78 Å². The summed E-state index contributed by atoms with van der Waals surface area (Å²) in [7, 11) is 0. The van der Waals surface area contributed by atoms with Crippen molar-refractivity contribution in [1.82, 2.24) is 5.32 Å². The van der Waals surface area contributed by atoms with Gasteiger partial charge in [0.1, 0.15) is 22.5 Å². The van der Waals surface area contributed by atoms with Crippen LogP contribution in [0.3, 0.4) is 0 Å². The highest BCUT2D eigenvalue weighted by atomic mass is 19.3. The van der Waals surface area contributed by atoms with Gasteiger partial charge in [0, 0.05) is 6.42 Å². The smallest absolute Gasteiger partial charge is 0.408 e. The molecular weight excluding hydrogens is 372 g/mol. The number of rotatable bonds is 6. The van der Waals surface area contributed by atoms with Crippen molar-refractivity contribution < 1.29 is 32.6 Å². The second-order valence-corrected chi connectivity index (χ2v) is 8.66. The van der Waals surface area contributed by atoms with Gasteiger partial charge >= 0.3 is 18.7 Å². The molecule has 0 saturated carbocycles. The number of hydrogen-bond donors (Lipinski definition) is 1. The fraction of sp³-hybridized carbons (Fsp3) is 0.600. The molecule has 0 heterocycles. The maximum atomic E-state index is 12.8. The molecule has 1 N–H and O–H groups in total. The Balaban J connectivity index is 3.05. The van der Waals surface area contributed by atoms with E-state index < -0.39 is 35.4 Å². The zero-order valence-corrected chi connectivity index (χ0v) is 17.4. The first kappa shape index (κ1) is 23.7. The van der Waals surface area contributed by atoms with E-state index in [2.05, 4.69) is 10.1 Å². The molecule has 8 heteroatoms. The second-order valence-electron chi connectivity index (χ2n) is 8.66. The normalized spacial score (nSPS) is 14.2. The van der Waals surface area contributed by atoms with Crippen molar-refractivity contribution in [2.75, 3.05) is 0 Å². The van der Waals surface area contributed by atoms with Crippen LogP contribution in [0.15, 0.2) is 24.3 Å². The molecule has 1 amide bonds. The lowest BCUT2D eigenvalue weighted by atomic mass is 9.92. The molecule has 0 saturated heterocycles. The van der Waals surface area contributed by atoms with Crippen LogP contribution < -0.4 is 10.1 Å². The Labute approximate surface area is 164 Å². The number of esters is 1. The fourth-order valence-corrected chi connectivity index (χ4v) is 2.28. The van der Waals surface area contributed by atoms with Crippen LogP contribution in [0.1, 0.15) is 54.0 Å². The van der Waals surface area contributed by atoms with E-state index in [1.54, 1.807) is 41.5 Å². The number of benzene rings is 1. The molecule has 0 spiro atoms. The minimum atomic E-state index is -2.92. The monoisotopic (exact) mass is 401 g/mol. The standard InChI is InChI=1S/C20H29F2NO5/c1-18(2,3)27-15(24)20(7,23-17(25)28-19(4,5)6)12-13-8-10-14(11-9-13)26-16(21)22/h8-11,16H,12H2,1-7H3,(H,23,25)/t20-/m1/s1. The predicted molar refractivity (Wildman–Crippen MR) is 100 cm³/mol. The van der Waals surface area contributed by atoms with Gasteiger partial charge in [-0.1, -0.05) is 12.1 Å². The maximum Gasteiger partial charge on any atom is 0.408 e. The Morgan fingerprint density at radius 1 is 0.929 bits per heavy atom. The summed E-state index contributed by atoms with van der Waals surface area (Å²) < 4.78 is 39.6. The molecule has 1 aromatic rings. The molecule has 6 nitrogen and oxygen atoms in total. The third kappa shape index (κ3) is 8.54. The predicted octanol–water partition coefficient (Wildman–Crippen LogP) is 4.46. The Morgan fingerprint density at radius 3 is 1.86 bits per heavy atom. The number of halogens is 2. The van der Waals surface area contributed by atoms with Gasteiger partial charge in [-0.05, 0) is 66.2 Å². The average molecular weight is 401 g/mol. The van der Waals surface area contributed by atoms with E-state index in [0.717, 1.165) is 0 Å². The molecule has 0 bridgehead atoms. The fourth-order valence-electron chi connectivity index (χ4n) is 2.28. The van der Waals surface area contributed by atoms with Crippen LogP contribution in [-0.4, -0.2) is 35.4 Å². The minimum Gasteiger partial charge on any atom is -0.458 e. The van der Waals surface area contributed by atoms with Gasteiger partial charge in [0.25, 0.3) is 0 Å². The van der Waals surface area contributed by atoms with E-state index >= 15 is 0 Å². The van der Waals surface area contributed by atoms with Crippen LogP contribution in [0.4, 0.5) is 13.6 Å². The highest BCUT2D eigenvalue weighted by Crippen LogP contribution is 2.22. The van der Waals surface area contributed by atoms with Gasteiger partial charge < -0.3 is 19.5 Å². The number of amides is 1. The van der Waals surface area contributed by atoms with E-state index in [1.807, 2.05) is 0 Å². The molecule has 0 unspecified atom stereocenters. The molecule has 0 aliphatic heterocycles. The maximum absolute atomic E-state index is 12.8. The lowest BCUT2D eigenvalue weighted by Crippen LogP contribution is -2.56. The molecule has 0 aliphatic rings. The van der Waals surface area contributed by atoms with Crippen LogP contribution in [0.25, 0.3) is 0 Å². The van der Waals surface area contributed by atoms with E-state index in [4.69, 9.17) is 9.47 Å². The zero-order valence-electron chi connectivity index (χ0n) is 17.4. The zero-order chi connectivity index (χ0) is 21.8. The van der Waals surface area contributed by atoms with Crippen molar-refractivity contribution in [2.24, 2.45) is 0 Å². The summed E-state index contributed by atoms with van der Waals surface area (Å²) in [6.07, 6.45) is -0.700. The third-order valence-corrected chi connectivity index (χ3v) is 3.33. The van der Waals surface area contributed by atoms with Crippen LogP contribution in [0, 0.1) is 0 Å². The van der Waals surface area contributed by atoms with Crippen LogP contribution in [0.2, 0.25) is 0 Å². The molecule has 1 aromatic carbocycles. The van der Waals surface area contributed by atoms with E-state index in [1.165, 1.54) is 31.2 Å². The molecule has 0 fully saturated rings. The summed E-state index contributed by atoms with van der Waals surface area (Å²) in [6.45, 7) is 8.87. The summed E-state index contributed by atoms with van der Waals surface area (Å²) in [4.78, 5) is 25.0. The van der Waals surface area contributed by atoms with Crippen molar-refractivity contribution in [3.05, 3.63) is 29.8 Å². The van der Waals surface area contributed by atoms with Gasteiger partial charge in [0.05, 0.1) is 0 Å². The average Bonchev–Trinajstić information content (AvgIpc) is 2.44. The molecule has 28 heavy (non-hydrogen) atoms. The number of nitrogens with one attached hydrogen (secondary N) is 1. The van der Waals surface area contributed by atoms with Gasteiger partial charge in [0.2, 0.25) is 0 Å². The molecule has 1 atom stereocenters. The van der Waals surface area contributed by atoms with E-state index in [-0.39, 0.29) is 12.2 Å². The second kappa shape index (κ2) is 8.75. The number of alkyl halides is 2. The number of alkyl carbamates (subject to hydrolysis) is 1. The number of carbonyl (C=O) groups is 2. The first-order valence-corrected chi connectivity index (χ1v) is 8.88. The van der Waals surface area contributed by atoms with Crippen LogP contribution in [0.5, 0.6) is 5.75 Å². The molecule has 158 valence electrons. The Kier molecular flexibility index (Phi) is 7.39. The molecule has 0 radical (unpaired) electrons. The highest BCUT2D eigenvalue weighted by molar-refractivity contribution is 5.86. The van der Waals surface area contributed by atoms with Crippen molar-refractivity contribution in [2.45, 2.75) is 78.2 Å². The largest absolute Gasteiger partial charge is 0.458 e. The first-order chi connectivity index (χ1) is 12.6. The van der Waals surface area contributed by atoms with Gasteiger partial charge in [0.15, 0.2) is 0 Å². The number of carbonyl (C=O) groups excluding carboxylic acids is 2. The SMILES string of the molecule is CC(C)(C)OC(=O)N[C@](C)(Cc1ccc(OC(F)F)cc1)C(=O)OC(C)(C)C. The summed E-state index contributed by atoms with van der Waals surface area (Å²) in [5.74, 6) is -0.642. The lowest BCUT2D eigenvalue weighted by molar-refractivity contribution is -0.162. The molecular formula is C20H29F2NO5. The molecule has 1 rings (SSSR count). The van der Waals surface area contributed by atoms with Crippen molar-refractivity contribution in [1.29, 1.82) is 0 Å². The first-order valence-electron chi connectivity index (χ1n) is 8.88. The quantitative estimate of drug-likeness (QED) is 0.713. The lowest BCUT2D eigenvalue weighted by Gasteiger charge is -2.33. The Bertz CT molecular complexity index is 677. The van der Waals surface area contributed by atoms with Gasteiger partial charge in [-0.15, -0.1) is 0 Å². The number of hydrogen-bond acceptors (Lipinski definition) is 5. The van der Waals surface area contributed by atoms with E-state index in [9.17, 15) is 18.4 Å². The topological polar surface area (TPSA) is 73.9 Å². The summed E-state index contributed by atoms with van der Waals surface area (Å²) in [5.41, 5.74) is -2.32. The molecule has 0 aromatic heterocycles. The summed E-state index contributed by atoms with van der Waals surface area (Å²) >= 11 is 0. The van der Waals surface area contributed by atoms with E-state index in [0.29, 0.717) is 5.56 Å². The van der Waals surface area contributed by atoms with Gasteiger partial charge in [-0.25, -0.2) is 9.59 Å². The summed E-state index contributed by atoms with van der Waals surface area (Å²) in [6, 6.07) is 5.81. The highest BCUT2D eigenvalue weighted by Gasteiger charge is 2.40. The van der Waals surface area contributed by atoms with Crippen molar-refractivity contribution in [3.63, 3.8) is 0 Å². The van der Waals surface area contributed by atoms with Crippen LogP contribution >= 0.6 is 0 Å².